The van der Waals surface area contributed by atoms with E-state index in [1.165, 1.54) is 205 Å². The Morgan fingerprint density at radius 1 is 0.352 bits per heavy atom. The van der Waals surface area contributed by atoms with Crippen LogP contribution in [0.25, 0.3) is 0 Å². The minimum Gasteiger partial charge on any atom is -0.394 e. The molecular formula is C86H155NO18. The molecule has 0 bridgehead atoms. The zero-order chi connectivity index (χ0) is 76.0. The minimum absolute atomic E-state index is 0.246. The summed E-state index contributed by atoms with van der Waals surface area (Å²) in [7, 11) is 0. The van der Waals surface area contributed by atoms with E-state index in [0.29, 0.717) is 12.8 Å². The number of rotatable bonds is 68. The highest BCUT2D eigenvalue weighted by atomic mass is 16.8. The highest BCUT2D eigenvalue weighted by Gasteiger charge is 2.54. The van der Waals surface area contributed by atoms with Gasteiger partial charge in [0.25, 0.3) is 0 Å². The first-order chi connectivity index (χ1) is 51.3. The molecule has 0 spiro atoms. The second-order valence-corrected chi connectivity index (χ2v) is 30.3. The molecule has 1 amide bonds. The van der Waals surface area contributed by atoms with Gasteiger partial charge in [-0.1, -0.05) is 337 Å². The standard InChI is InChI=1S/C86H155NO18/c1-3-5-7-9-11-13-15-17-19-21-23-25-27-29-31-33-34-36-37-39-41-43-45-47-49-51-53-55-57-59-61-63-70(91)69(87-74(92)64-62-60-58-56-54-52-50-48-46-44-42-40-38-35-32-30-28-26-24-22-20-18-16-14-12-10-8-6-4-2)68-100-84-80(98)77(95)82(72(66-89)102-84)105-86-81(99)78(96)83(73(67-90)103-86)104-85-79(97)76(94)75(93)71(65-88)101-85/h6,8,12,14,18,20,24,26,30,32,38,40,69-73,75-86,88-91,93-99H,3-5,7,9-11,13,15-17,19,21-23,25,27-29,31,33-37,39,41-68H2,1-2H3,(H,87,92)/b8-6-,14-12-,20-18-,26-24-,32-30-,40-38-. The smallest absolute Gasteiger partial charge is 0.220 e. The van der Waals surface area contributed by atoms with Gasteiger partial charge in [0.05, 0.1) is 38.6 Å². The second kappa shape index (κ2) is 65.9. The van der Waals surface area contributed by atoms with Crippen LogP contribution in [0, 0.1) is 0 Å². The van der Waals surface area contributed by atoms with Crippen LogP contribution in [-0.4, -0.2) is 193 Å². The molecule has 0 aliphatic carbocycles. The molecule has 0 saturated carbocycles. The molecule has 105 heavy (non-hydrogen) atoms. The third kappa shape index (κ3) is 45.4. The lowest BCUT2D eigenvalue weighted by Crippen LogP contribution is -2.66. The lowest BCUT2D eigenvalue weighted by Gasteiger charge is -2.48. The molecule has 3 fully saturated rings. The molecule has 19 heteroatoms. The van der Waals surface area contributed by atoms with E-state index in [0.717, 1.165) is 96.3 Å². The predicted octanol–water partition coefficient (Wildman–Crippen LogP) is 15.2. The number of hydrogen-bond acceptors (Lipinski definition) is 18. The number of allylic oxidation sites excluding steroid dienone is 12. The molecule has 3 saturated heterocycles. The molecule has 3 heterocycles. The summed E-state index contributed by atoms with van der Waals surface area (Å²) < 4.78 is 34.6. The van der Waals surface area contributed by atoms with Crippen LogP contribution >= 0.6 is 0 Å². The molecule has 3 aliphatic rings. The van der Waals surface area contributed by atoms with Crippen LogP contribution in [-0.2, 0) is 33.2 Å². The fourth-order valence-corrected chi connectivity index (χ4v) is 14.3. The fraction of sp³-hybridized carbons (Fsp3) is 0.849. The lowest BCUT2D eigenvalue weighted by molar-refractivity contribution is -0.379. The summed E-state index contributed by atoms with van der Waals surface area (Å²) in [6.07, 6.45) is 59.9. The van der Waals surface area contributed by atoms with Crippen molar-refractivity contribution in [2.75, 3.05) is 26.4 Å². The quantitative estimate of drug-likeness (QED) is 0.0199. The van der Waals surface area contributed by atoms with Gasteiger partial charge in [0.1, 0.15) is 73.2 Å². The minimum atomic E-state index is -1.98. The van der Waals surface area contributed by atoms with Gasteiger partial charge in [-0.2, -0.15) is 0 Å². The molecule has 3 aliphatic heterocycles. The fourth-order valence-electron chi connectivity index (χ4n) is 14.3. The zero-order valence-corrected chi connectivity index (χ0v) is 65.7. The maximum atomic E-state index is 13.5. The summed E-state index contributed by atoms with van der Waals surface area (Å²) in [5.41, 5.74) is 0. The molecule has 17 atom stereocenters. The van der Waals surface area contributed by atoms with Gasteiger partial charge in [-0.15, -0.1) is 0 Å². The van der Waals surface area contributed by atoms with Crippen molar-refractivity contribution in [1.29, 1.82) is 0 Å². The largest absolute Gasteiger partial charge is 0.394 e. The Balaban J connectivity index is 1.35. The van der Waals surface area contributed by atoms with E-state index in [9.17, 15) is 61.0 Å². The number of aliphatic hydroxyl groups is 11. The van der Waals surface area contributed by atoms with Crippen LogP contribution in [0.1, 0.15) is 335 Å². The first kappa shape index (κ1) is 96.4. The first-order valence-electron chi connectivity index (χ1n) is 42.7. The van der Waals surface area contributed by atoms with Gasteiger partial charge in [0, 0.05) is 6.42 Å². The Morgan fingerprint density at radius 3 is 1.03 bits per heavy atom. The van der Waals surface area contributed by atoms with Gasteiger partial charge < -0.3 is 89.9 Å². The molecule has 0 radical (unpaired) electrons. The molecule has 0 aromatic carbocycles. The monoisotopic (exact) mass is 1490 g/mol. The average Bonchev–Trinajstić information content (AvgIpc) is 0.781. The Kier molecular flexibility index (Phi) is 60.5. The van der Waals surface area contributed by atoms with Crippen molar-refractivity contribution in [2.24, 2.45) is 0 Å². The van der Waals surface area contributed by atoms with Gasteiger partial charge in [-0.05, 0) is 64.2 Å². The van der Waals surface area contributed by atoms with E-state index in [1.54, 1.807) is 0 Å². The molecular weight excluding hydrogens is 1330 g/mol. The Labute approximate surface area is 636 Å². The second-order valence-electron chi connectivity index (χ2n) is 30.3. The summed E-state index contributed by atoms with van der Waals surface area (Å²) in [5.74, 6) is -0.246. The van der Waals surface area contributed by atoms with E-state index in [4.69, 9.17) is 28.4 Å². The summed E-state index contributed by atoms with van der Waals surface area (Å²) in [5, 5.41) is 121. The number of ether oxygens (including phenoxy) is 6. The summed E-state index contributed by atoms with van der Waals surface area (Å²) >= 11 is 0. The maximum absolute atomic E-state index is 13.5. The predicted molar refractivity (Wildman–Crippen MR) is 420 cm³/mol. The van der Waals surface area contributed by atoms with Crippen LogP contribution in [0.5, 0.6) is 0 Å². The Bertz CT molecular complexity index is 2180. The number of aliphatic hydroxyl groups excluding tert-OH is 11. The molecule has 17 unspecified atom stereocenters. The van der Waals surface area contributed by atoms with Crippen molar-refractivity contribution >= 4 is 5.91 Å². The number of carbonyl (C=O) groups excluding carboxylic acids is 1. The molecule has 19 nitrogen and oxygen atoms in total. The molecule has 0 aromatic heterocycles. The number of carbonyl (C=O) groups is 1. The molecule has 12 N–H and O–H groups in total. The number of amides is 1. The van der Waals surface area contributed by atoms with Crippen molar-refractivity contribution < 1.29 is 89.4 Å². The van der Waals surface area contributed by atoms with Gasteiger partial charge in [0.2, 0.25) is 5.91 Å². The number of unbranched alkanes of at least 4 members (excludes halogenated alkanes) is 40. The first-order valence-corrected chi connectivity index (χ1v) is 42.7. The van der Waals surface area contributed by atoms with Crippen LogP contribution in [0.2, 0.25) is 0 Å². The van der Waals surface area contributed by atoms with Crippen LogP contribution in [0.4, 0.5) is 0 Å². The van der Waals surface area contributed by atoms with Crippen LogP contribution in [0.15, 0.2) is 72.9 Å². The summed E-state index contributed by atoms with van der Waals surface area (Å²) in [4.78, 5) is 13.5. The van der Waals surface area contributed by atoms with E-state index >= 15 is 0 Å². The number of nitrogens with one attached hydrogen (secondary N) is 1. The summed E-state index contributed by atoms with van der Waals surface area (Å²) in [6.45, 7) is 1.73. The van der Waals surface area contributed by atoms with E-state index in [2.05, 4.69) is 92.1 Å². The van der Waals surface area contributed by atoms with Crippen molar-refractivity contribution in [3.8, 4) is 0 Å². The third-order valence-corrected chi connectivity index (χ3v) is 21.0. The highest BCUT2D eigenvalue weighted by Crippen LogP contribution is 2.33. The molecule has 0 aromatic rings. The normalized spacial score (nSPS) is 26.1. The van der Waals surface area contributed by atoms with E-state index < -0.39 is 124 Å². The SMILES string of the molecule is CC/C=C\C/C=C\C/C=C\C/C=C\C/C=C\C/C=C\CCCCCCCCCCCCC(=O)NC(COC1OC(CO)C(OC2OC(CO)C(OC3OC(CO)C(O)C(O)C3O)C(O)C2O)C(O)C1O)C(O)CCCCCCCCCCCCCCCCCCCCCCCCCCCCCCCCC. The highest BCUT2D eigenvalue weighted by molar-refractivity contribution is 5.76. The van der Waals surface area contributed by atoms with Gasteiger partial charge >= 0.3 is 0 Å². The van der Waals surface area contributed by atoms with Gasteiger partial charge in [-0.25, -0.2) is 0 Å². The summed E-state index contributed by atoms with van der Waals surface area (Å²) in [6, 6.07) is -0.896. The average molecular weight is 1490 g/mol. The number of hydrogen-bond donors (Lipinski definition) is 12. The topological polar surface area (TPSA) is 307 Å². The third-order valence-electron chi connectivity index (χ3n) is 21.0. The molecule has 612 valence electrons. The van der Waals surface area contributed by atoms with Gasteiger partial charge in [0.15, 0.2) is 18.9 Å². The van der Waals surface area contributed by atoms with Crippen LogP contribution < -0.4 is 5.32 Å². The van der Waals surface area contributed by atoms with E-state index in [1.807, 2.05) is 0 Å². The molecule has 3 rings (SSSR count). The van der Waals surface area contributed by atoms with Crippen LogP contribution in [0.3, 0.4) is 0 Å². The van der Waals surface area contributed by atoms with Crippen molar-refractivity contribution in [3.63, 3.8) is 0 Å². The van der Waals surface area contributed by atoms with Crippen molar-refractivity contribution in [1.82, 2.24) is 5.32 Å². The Morgan fingerprint density at radius 2 is 0.657 bits per heavy atom. The van der Waals surface area contributed by atoms with Gasteiger partial charge in [-0.3, -0.25) is 4.79 Å². The zero-order valence-electron chi connectivity index (χ0n) is 65.7. The maximum Gasteiger partial charge on any atom is 0.220 e. The van der Waals surface area contributed by atoms with Crippen molar-refractivity contribution in [3.05, 3.63) is 72.9 Å². The van der Waals surface area contributed by atoms with Crippen molar-refractivity contribution in [2.45, 2.75) is 439 Å². The van der Waals surface area contributed by atoms with E-state index in [-0.39, 0.29) is 18.9 Å². The Hall–Kier alpha value is -2.77. The lowest BCUT2D eigenvalue weighted by atomic mass is 9.96.